The van der Waals surface area contributed by atoms with Crippen LogP contribution in [0.4, 0.5) is 63.1 Å². The number of anilines is 8. The Balaban J connectivity index is 0.000000236. The second-order valence-electron chi connectivity index (χ2n) is 21.2. The summed E-state index contributed by atoms with van der Waals surface area (Å²) in [5.74, 6) is -4.28. The largest absolute Gasteiger partial charge is 0.394 e. The van der Waals surface area contributed by atoms with Crippen molar-refractivity contribution in [1.29, 1.82) is 0 Å². The van der Waals surface area contributed by atoms with Crippen LogP contribution in [0, 0.1) is 37.5 Å². The molecule has 0 saturated carbocycles. The summed E-state index contributed by atoms with van der Waals surface area (Å²) in [6, 6.07) is 36.1. The standard InChI is InChI=1S/2C17H17ClFIN2O3.2C16H15ClFIN2O3/c1-17(2,24)9-25-22-16(23)12-5-3-10(19)7-15(12)21-14-6-4-11(20)8-13(14)18;1-2-12(23)9-25-22-17(24)13-5-3-10(19)7-16(13)21-15-6-4-11(20)8-14(15)18;1-9(22)8-24-21-16(23)12-4-2-10(18)6-15(12)20-14-5-3-11(19)7-13(14)17;1-9(8-22)24-21-16(23)12-4-2-10(18)6-15(12)20-14-5-3-11(19)7-13(14)17/h3-8,21,24H,9H2,1-2H3,(H,22,23);3-8,12,21,23H,2,9H2,1H3,(H,22,24);2*2-7,9,20,22H,8H2,1H3,(H,21,23). The Hall–Kier alpha value is -5.68. The van der Waals surface area contributed by atoms with Gasteiger partial charge in [0.05, 0.1) is 112 Å². The van der Waals surface area contributed by atoms with E-state index in [0.29, 0.717) is 49.3 Å². The summed E-state index contributed by atoms with van der Waals surface area (Å²) in [6.45, 7) is 7.58. The minimum absolute atomic E-state index is 0.0326. The van der Waals surface area contributed by atoms with E-state index in [1.165, 1.54) is 79.7 Å². The van der Waals surface area contributed by atoms with Crippen LogP contribution in [-0.2, 0) is 19.4 Å². The SMILES string of the molecule is CC(C)(O)CONC(=O)c1ccc(F)cc1Nc1ccc(I)cc1Cl.CC(CO)ONC(=O)c1ccc(F)cc1Nc1ccc(I)cc1Cl.CC(O)CONC(=O)c1ccc(F)cc1Nc1ccc(I)cc1Cl.CCC(O)CONC(=O)c1ccc(F)cc1Nc1ccc(I)cc1Cl. The van der Waals surface area contributed by atoms with E-state index in [0.717, 1.165) is 14.3 Å². The van der Waals surface area contributed by atoms with Crippen LogP contribution in [0.2, 0.25) is 20.1 Å². The van der Waals surface area contributed by atoms with Crippen molar-refractivity contribution >= 4 is 206 Å². The Morgan fingerprint density at radius 3 is 1.00 bits per heavy atom. The minimum atomic E-state index is -1.09. The number of halogens is 12. The Labute approximate surface area is 636 Å². The molecule has 98 heavy (non-hydrogen) atoms. The zero-order valence-electron chi connectivity index (χ0n) is 52.2. The Morgan fingerprint density at radius 1 is 0.449 bits per heavy atom. The highest BCUT2D eigenvalue weighted by molar-refractivity contribution is 14.1. The van der Waals surface area contributed by atoms with Crippen LogP contribution in [0.25, 0.3) is 0 Å². The second kappa shape index (κ2) is 41.3. The van der Waals surface area contributed by atoms with Crippen molar-refractivity contribution in [2.45, 2.75) is 65.0 Å². The van der Waals surface area contributed by atoms with Gasteiger partial charge in [-0.25, -0.2) is 39.5 Å². The van der Waals surface area contributed by atoms with Gasteiger partial charge in [-0.15, -0.1) is 0 Å². The lowest BCUT2D eigenvalue weighted by Gasteiger charge is -2.17. The Morgan fingerprint density at radius 2 is 0.735 bits per heavy atom. The first-order chi connectivity index (χ1) is 46.3. The van der Waals surface area contributed by atoms with E-state index in [-0.39, 0.29) is 71.4 Å². The fourth-order valence-corrected chi connectivity index (χ4v) is 11.1. The lowest BCUT2D eigenvalue weighted by atomic mass is 10.1. The van der Waals surface area contributed by atoms with Gasteiger partial charge in [0.2, 0.25) is 0 Å². The molecule has 0 radical (unpaired) electrons. The van der Waals surface area contributed by atoms with Crippen LogP contribution in [0.15, 0.2) is 146 Å². The molecule has 0 spiro atoms. The van der Waals surface area contributed by atoms with Gasteiger partial charge in [-0.1, -0.05) is 53.3 Å². The molecule has 4 amide bonds. The van der Waals surface area contributed by atoms with Crippen LogP contribution in [0.5, 0.6) is 0 Å². The third-order valence-electron chi connectivity index (χ3n) is 12.3. The second-order valence-corrected chi connectivity index (χ2v) is 27.8. The number of rotatable bonds is 25. The van der Waals surface area contributed by atoms with Gasteiger partial charge in [-0.05, 0) is 270 Å². The van der Waals surface area contributed by atoms with Crippen molar-refractivity contribution in [3.63, 3.8) is 0 Å². The van der Waals surface area contributed by atoms with Crippen molar-refractivity contribution in [1.82, 2.24) is 21.9 Å². The number of nitrogens with one attached hydrogen (secondary N) is 8. The topological polar surface area (TPSA) is 282 Å². The molecule has 0 fully saturated rings. The maximum atomic E-state index is 13.6. The van der Waals surface area contributed by atoms with E-state index in [1.807, 2.05) is 24.3 Å². The summed E-state index contributed by atoms with van der Waals surface area (Å²) in [5, 5.41) is 50.6. The number of benzene rings is 8. The van der Waals surface area contributed by atoms with E-state index >= 15 is 0 Å². The average molecular weight is 1890 g/mol. The number of hydrogen-bond donors (Lipinski definition) is 12. The van der Waals surface area contributed by atoms with Gasteiger partial charge in [-0.2, -0.15) is 0 Å². The quantitative estimate of drug-likeness (QED) is 0.0144. The predicted octanol–water partition coefficient (Wildman–Crippen LogP) is 16.3. The first-order valence-electron chi connectivity index (χ1n) is 28.8. The van der Waals surface area contributed by atoms with E-state index < -0.39 is 70.8 Å². The number of aliphatic hydroxyl groups excluding tert-OH is 3. The molecule has 524 valence electrons. The summed E-state index contributed by atoms with van der Waals surface area (Å²) >= 11 is 33.2. The molecule has 3 unspecified atom stereocenters. The van der Waals surface area contributed by atoms with Gasteiger partial charge in [0.15, 0.2) is 0 Å². The number of hydroxylamine groups is 4. The molecule has 0 aromatic heterocycles. The normalized spacial score (nSPS) is 11.7. The number of hydrogen-bond acceptors (Lipinski definition) is 16. The molecular formula is C66H64Cl4F4I4N8O12. The predicted molar refractivity (Wildman–Crippen MR) is 405 cm³/mol. The highest BCUT2D eigenvalue weighted by atomic mass is 127. The lowest BCUT2D eigenvalue weighted by Crippen LogP contribution is -2.33. The first kappa shape index (κ1) is 83.0. The van der Waals surface area contributed by atoms with Crippen LogP contribution >= 0.6 is 137 Å². The molecule has 8 aromatic rings. The maximum absolute atomic E-state index is 13.6. The molecule has 0 aliphatic carbocycles. The highest BCUT2D eigenvalue weighted by Gasteiger charge is 2.21. The third kappa shape index (κ3) is 28.7. The van der Waals surface area contributed by atoms with Gasteiger partial charge in [0.1, 0.15) is 49.2 Å². The summed E-state index contributed by atoms with van der Waals surface area (Å²) in [6.07, 6.45) is -1.44. The van der Waals surface area contributed by atoms with Crippen molar-refractivity contribution in [2.75, 3.05) is 47.7 Å². The van der Waals surface area contributed by atoms with Crippen LogP contribution in [0.3, 0.4) is 0 Å². The molecule has 0 heterocycles. The van der Waals surface area contributed by atoms with E-state index in [1.54, 1.807) is 76.2 Å². The molecular weight excluding hydrogens is 1820 g/mol. The van der Waals surface area contributed by atoms with Crippen LogP contribution in [0.1, 0.15) is 82.5 Å². The molecule has 8 aromatic carbocycles. The summed E-state index contributed by atoms with van der Waals surface area (Å²) in [7, 11) is 0. The summed E-state index contributed by atoms with van der Waals surface area (Å²) in [4.78, 5) is 68.8. The molecule has 0 saturated heterocycles. The van der Waals surface area contributed by atoms with Crippen LogP contribution in [-0.4, -0.2) is 94.4 Å². The van der Waals surface area contributed by atoms with Gasteiger partial charge in [0, 0.05) is 14.3 Å². The average Bonchev–Trinajstić information content (AvgIpc) is 0.858. The fraction of sp³-hybridized carbons (Fsp3) is 0.212. The summed E-state index contributed by atoms with van der Waals surface area (Å²) < 4.78 is 58.2. The fourth-order valence-electron chi connectivity index (χ4n) is 7.45. The lowest BCUT2D eigenvalue weighted by molar-refractivity contribution is -0.0522. The van der Waals surface area contributed by atoms with Gasteiger partial charge < -0.3 is 41.7 Å². The number of carbonyl (C=O) groups excluding carboxylic acids is 4. The zero-order valence-corrected chi connectivity index (χ0v) is 63.9. The monoisotopic (exact) mass is 1880 g/mol. The van der Waals surface area contributed by atoms with E-state index in [9.17, 15) is 47.0 Å². The number of carbonyl (C=O) groups is 4. The van der Waals surface area contributed by atoms with Gasteiger partial charge >= 0.3 is 0 Å². The highest BCUT2D eigenvalue weighted by Crippen LogP contribution is 2.34. The van der Waals surface area contributed by atoms with Crippen molar-refractivity contribution in [2.24, 2.45) is 0 Å². The molecule has 0 aliphatic rings. The van der Waals surface area contributed by atoms with E-state index in [4.69, 9.17) is 76.0 Å². The summed E-state index contributed by atoms with van der Waals surface area (Å²) in [5.41, 5.74) is 11.7. The molecule has 20 nitrogen and oxygen atoms in total. The number of amides is 4. The molecule has 32 heteroatoms. The molecule has 8 rings (SSSR count). The van der Waals surface area contributed by atoms with E-state index in [2.05, 4.69) is 134 Å². The van der Waals surface area contributed by atoms with Crippen molar-refractivity contribution < 1.29 is 76.5 Å². The molecule has 12 N–H and O–H groups in total. The van der Waals surface area contributed by atoms with Crippen molar-refractivity contribution in [3.05, 3.63) is 225 Å². The smallest absolute Gasteiger partial charge is 0.276 e. The number of aliphatic hydroxyl groups is 4. The van der Waals surface area contributed by atoms with Crippen LogP contribution < -0.4 is 43.2 Å². The maximum Gasteiger partial charge on any atom is 0.276 e. The molecule has 0 aliphatic heterocycles. The van der Waals surface area contributed by atoms with Crippen molar-refractivity contribution in [3.8, 4) is 0 Å². The first-order valence-corrected chi connectivity index (χ1v) is 34.6. The van der Waals surface area contributed by atoms with Gasteiger partial charge in [-0.3, -0.25) is 38.5 Å². The Kier molecular flexibility index (Phi) is 35.0. The Bertz CT molecular complexity index is 4050. The third-order valence-corrected chi connectivity index (χ3v) is 16.2. The molecule has 3 atom stereocenters. The zero-order chi connectivity index (χ0) is 72.4. The minimum Gasteiger partial charge on any atom is -0.394 e. The van der Waals surface area contributed by atoms with Gasteiger partial charge in [0.25, 0.3) is 23.6 Å². The molecule has 0 bridgehead atoms.